The Kier molecular flexibility index (Phi) is 4.54. The van der Waals surface area contributed by atoms with Crippen molar-refractivity contribution >= 4 is 5.91 Å². The van der Waals surface area contributed by atoms with E-state index in [1.807, 2.05) is 13.8 Å². The normalized spacial score (nSPS) is 27.0. The van der Waals surface area contributed by atoms with Crippen LogP contribution in [0.5, 0.6) is 0 Å². The summed E-state index contributed by atoms with van der Waals surface area (Å²) in [5.74, 6) is 2.56. The summed E-state index contributed by atoms with van der Waals surface area (Å²) >= 11 is 0. The molecule has 1 amide bonds. The van der Waals surface area contributed by atoms with E-state index in [1.165, 1.54) is 0 Å². The summed E-state index contributed by atoms with van der Waals surface area (Å²) < 4.78 is 0. The predicted octanol–water partition coefficient (Wildman–Crippen LogP) is 0.734. The van der Waals surface area contributed by atoms with Crippen molar-refractivity contribution in [2.45, 2.75) is 38.8 Å². The lowest BCUT2D eigenvalue weighted by atomic mass is 9.99. The number of terminal acetylenes is 1. The molecule has 0 spiro atoms. The van der Waals surface area contributed by atoms with Gasteiger partial charge in [0.15, 0.2) is 0 Å². The smallest absolute Gasteiger partial charge is 0.240 e. The van der Waals surface area contributed by atoms with Crippen molar-refractivity contribution in [1.29, 1.82) is 5.26 Å². The Balaban J connectivity index is 2.76. The first kappa shape index (κ1) is 13.5. The zero-order valence-electron chi connectivity index (χ0n) is 10.4. The van der Waals surface area contributed by atoms with Crippen molar-refractivity contribution in [3.05, 3.63) is 0 Å². The van der Waals surface area contributed by atoms with Crippen LogP contribution in [-0.2, 0) is 4.79 Å². The average molecular weight is 233 g/mol. The average Bonchev–Trinajstić information content (AvgIpc) is 2.79. The molecule has 4 atom stereocenters. The van der Waals surface area contributed by atoms with E-state index in [4.69, 9.17) is 17.4 Å². The van der Waals surface area contributed by atoms with Crippen LogP contribution in [0.15, 0.2) is 0 Å². The highest BCUT2D eigenvalue weighted by molar-refractivity contribution is 5.83. The molecule has 1 heterocycles. The van der Waals surface area contributed by atoms with Gasteiger partial charge in [0.25, 0.3) is 0 Å². The van der Waals surface area contributed by atoms with Crippen LogP contribution in [0.4, 0.5) is 0 Å². The number of hydrogen-bond donors (Lipinski definition) is 1. The maximum absolute atomic E-state index is 12.2. The highest BCUT2D eigenvalue weighted by Crippen LogP contribution is 2.24. The molecule has 1 saturated heterocycles. The molecule has 4 nitrogen and oxygen atoms in total. The molecule has 1 unspecified atom stereocenters. The van der Waals surface area contributed by atoms with Crippen molar-refractivity contribution in [3.8, 4) is 18.4 Å². The second kappa shape index (κ2) is 5.70. The summed E-state index contributed by atoms with van der Waals surface area (Å²) in [6.07, 6.45) is 6.75. The Labute approximate surface area is 103 Å². The van der Waals surface area contributed by atoms with Crippen molar-refractivity contribution in [2.75, 3.05) is 6.54 Å². The molecule has 2 N–H and O–H groups in total. The standard InChI is InChI=1S/C13H19N3O/c1-4-9(3)12(15)13(17)16-8-10(5-2)6-11(16)7-14/h2,9-12H,4,6,8,15H2,1,3H3/t9?,10-,11-,12+/m1/s1. The Bertz CT molecular complexity index is 366. The second-order valence-corrected chi connectivity index (χ2v) is 4.65. The van der Waals surface area contributed by atoms with E-state index < -0.39 is 12.1 Å². The predicted molar refractivity (Wildman–Crippen MR) is 65.5 cm³/mol. The van der Waals surface area contributed by atoms with Gasteiger partial charge in [-0.15, -0.1) is 12.3 Å². The third-order valence-electron chi connectivity index (χ3n) is 3.51. The molecule has 0 saturated carbocycles. The van der Waals surface area contributed by atoms with Crippen molar-refractivity contribution in [1.82, 2.24) is 4.90 Å². The van der Waals surface area contributed by atoms with E-state index >= 15 is 0 Å². The van der Waals surface area contributed by atoms with Gasteiger partial charge < -0.3 is 10.6 Å². The molecule has 0 aromatic carbocycles. The Morgan fingerprint density at radius 2 is 2.35 bits per heavy atom. The molecule has 1 fully saturated rings. The van der Waals surface area contributed by atoms with Gasteiger partial charge >= 0.3 is 0 Å². The first-order valence-corrected chi connectivity index (χ1v) is 5.96. The number of carbonyl (C=O) groups is 1. The van der Waals surface area contributed by atoms with Crippen LogP contribution in [0.25, 0.3) is 0 Å². The van der Waals surface area contributed by atoms with E-state index in [-0.39, 0.29) is 17.7 Å². The van der Waals surface area contributed by atoms with E-state index in [2.05, 4.69) is 12.0 Å². The Hall–Kier alpha value is -1.52. The molecule has 0 aliphatic carbocycles. The van der Waals surface area contributed by atoms with Gasteiger partial charge in [0.1, 0.15) is 6.04 Å². The number of rotatable bonds is 3. The lowest BCUT2D eigenvalue weighted by molar-refractivity contribution is -0.133. The highest BCUT2D eigenvalue weighted by atomic mass is 16.2. The first-order chi connectivity index (χ1) is 8.04. The number of hydrogen-bond acceptors (Lipinski definition) is 3. The van der Waals surface area contributed by atoms with Crippen LogP contribution in [0.2, 0.25) is 0 Å². The van der Waals surface area contributed by atoms with Gasteiger partial charge in [-0.3, -0.25) is 4.79 Å². The highest BCUT2D eigenvalue weighted by Gasteiger charge is 2.37. The monoisotopic (exact) mass is 233 g/mol. The molecule has 17 heavy (non-hydrogen) atoms. The third-order valence-corrected chi connectivity index (χ3v) is 3.51. The number of nitriles is 1. The quantitative estimate of drug-likeness (QED) is 0.731. The molecule has 92 valence electrons. The summed E-state index contributed by atoms with van der Waals surface area (Å²) in [6.45, 7) is 4.39. The lowest BCUT2D eigenvalue weighted by Gasteiger charge is -2.26. The summed E-state index contributed by atoms with van der Waals surface area (Å²) in [6, 6.07) is 1.17. The fourth-order valence-corrected chi connectivity index (χ4v) is 2.01. The van der Waals surface area contributed by atoms with Gasteiger partial charge in [0, 0.05) is 12.5 Å². The largest absolute Gasteiger partial charge is 0.324 e. The fraction of sp³-hybridized carbons (Fsp3) is 0.692. The van der Waals surface area contributed by atoms with Crippen molar-refractivity contribution in [3.63, 3.8) is 0 Å². The molecule has 0 bridgehead atoms. The van der Waals surface area contributed by atoms with Gasteiger partial charge in [-0.05, 0) is 12.3 Å². The van der Waals surface area contributed by atoms with E-state index in [0.717, 1.165) is 6.42 Å². The molecule has 4 heteroatoms. The third kappa shape index (κ3) is 2.78. The summed E-state index contributed by atoms with van der Waals surface area (Å²) in [7, 11) is 0. The first-order valence-electron chi connectivity index (χ1n) is 5.96. The number of likely N-dealkylation sites (tertiary alicyclic amines) is 1. The number of amides is 1. The molecular formula is C13H19N3O. The maximum atomic E-state index is 12.2. The lowest BCUT2D eigenvalue weighted by Crippen LogP contribution is -2.48. The maximum Gasteiger partial charge on any atom is 0.240 e. The molecule has 0 aromatic rings. The molecule has 1 aliphatic heterocycles. The molecular weight excluding hydrogens is 214 g/mol. The zero-order chi connectivity index (χ0) is 13.0. The number of carbonyl (C=O) groups excluding carboxylic acids is 1. The zero-order valence-corrected chi connectivity index (χ0v) is 10.4. The molecule has 1 aliphatic rings. The van der Waals surface area contributed by atoms with E-state index in [0.29, 0.717) is 13.0 Å². The van der Waals surface area contributed by atoms with Crippen LogP contribution in [0.3, 0.4) is 0 Å². The Morgan fingerprint density at radius 3 is 2.82 bits per heavy atom. The van der Waals surface area contributed by atoms with Crippen LogP contribution in [-0.4, -0.2) is 29.4 Å². The van der Waals surface area contributed by atoms with Crippen LogP contribution >= 0.6 is 0 Å². The fourth-order valence-electron chi connectivity index (χ4n) is 2.01. The molecule has 1 rings (SSSR count). The topological polar surface area (TPSA) is 70.1 Å². The van der Waals surface area contributed by atoms with Crippen LogP contribution in [0.1, 0.15) is 26.7 Å². The SMILES string of the molecule is C#C[C@@H]1C[C@H](C#N)N(C(=O)[C@@H](N)C(C)CC)C1. The summed E-state index contributed by atoms with van der Waals surface area (Å²) in [4.78, 5) is 13.7. The van der Waals surface area contributed by atoms with Gasteiger partial charge in [0.2, 0.25) is 5.91 Å². The number of nitrogens with two attached hydrogens (primary N) is 1. The summed E-state index contributed by atoms with van der Waals surface area (Å²) in [5.41, 5.74) is 5.90. The second-order valence-electron chi connectivity index (χ2n) is 4.65. The minimum atomic E-state index is -0.535. The minimum Gasteiger partial charge on any atom is -0.324 e. The number of nitrogens with zero attached hydrogens (tertiary/aromatic N) is 2. The molecule has 0 aromatic heterocycles. The van der Waals surface area contributed by atoms with Crippen LogP contribution < -0.4 is 5.73 Å². The van der Waals surface area contributed by atoms with Crippen molar-refractivity contribution < 1.29 is 4.79 Å². The van der Waals surface area contributed by atoms with Crippen molar-refractivity contribution in [2.24, 2.45) is 17.6 Å². The van der Waals surface area contributed by atoms with E-state index in [9.17, 15) is 4.79 Å². The van der Waals surface area contributed by atoms with Gasteiger partial charge in [-0.1, -0.05) is 20.3 Å². The molecule has 0 radical (unpaired) electrons. The van der Waals surface area contributed by atoms with Crippen LogP contribution in [0, 0.1) is 35.5 Å². The van der Waals surface area contributed by atoms with Gasteiger partial charge in [-0.2, -0.15) is 5.26 Å². The minimum absolute atomic E-state index is 0.0206. The Morgan fingerprint density at radius 1 is 1.71 bits per heavy atom. The van der Waals surface area contributed by atoms with Gasteiger partial charge in [0.05, 0.1) is 12.1 Å². The summed E-state index contributed by atoms with van der Waals surface area (Å²) in [5, 5.41) is 9.02. The van der Waals surface area contributed by atoms with Gasteiger partial charge in [-0.25, -0.2) is 0 Å². The van der Waals surface area contributed by atoms with E-state index in [1.54, 1.807) is 4.90 Å².